The van der Waals surface area contributed by atoms with E-state index in [0.717, 1.165) is 23.3 Å². The minimum absolute atomic E-state index is 0.0218. The van der Waals surface area contributed by atoms with Crippen molar-refractivity contribution in [2.45, 2.75) is 6.18 Å². The van der Waals surface area contributed by atoms with E-state index in [1.807, 2.05) is 58.1 Å². The number of carboxylic acid groups (broad SMARTS) is 1. The summed E-state index contributed by atoms with van der Waals surface area (Å²) < 4.78 is 68.2. The van der Waals surface area contributed by atoms with Gasteiger partial charge in [-0.25, -0.2) is 28.5 Å². The molecule has 2 aromatic carbocycles. The number of rotatable bonds is 6. The highest BCUT2D eigenvalue weighted by molar-refractivity contribution is 5.73. The first kappa shape index (κ1) is 31.0. The third kappa shape index (κ3) is 7.94. The Morgan fingerprint density at radius 1 is 0.911 bits per heavy atom. The van der Waals surface area contributed by atoms with Gasteiger partial charge in [-0.05, 0) is 54.6 Å². The second kappa shape index (κ2) is 13.5. The smallest absolute Gasteiger partial charge is 0.475 e. The summed E-state index contributed by atoms with van der Waals surface area (Å²) in [6.07, 6.45) is 1.37. The Labute approximate surface area is 252 Å². The van der Waals surface area contributed by atoms with E-state index in [4.69, 9.17) is 14.6 Å². The molecule has 2 N–H and O–H groups in total. The van der Waals surface area contributed by atoms with Gasteiger partial charge in [0.25, 0.3) is 0 Å². The number of pyridine rings is 1. The lowest BCUT2D eigenvalue weighted by Crippen LogP contribution is -2.36. The topological polar surface area (TPSA) is 118 Å². The fraction of sp³-hybridized carbons (Fsp3) is 0.167. The first-order chi connectivity index (χ1) is 21.6. The quantitative estimate of drug-likeness (QED) is 0.223. The molecule has 0 amide bonds. The van der Waals surface area contributed by atoms with Crippen LogP contribution in [0.15, 0.2) is 85.6 Å². The molecule has 3 aromatic heterocycles. The summed E-state index contributed by atoms with van der Waals surface area (Å²) in [4.78, 5) is 28.1. The van der Waals surface area contributed by atoms with Crippen molar-refractivity contribution in [2.75, 3.05) is 36.5 Å². The molecular formula is C30H24F5N7O3. The van der Waals surface area contributed by atoms with Gasteiger partial charge in [0.1, 0.15) is 17.2 Å². The van der Waals surface area contributed by atoms with Gasteiger partial charge in [-0.15, -0.1) is 0 Å². The van der Waals surface area contributed by atoms with E-state index in [1.54, 1.807) is 18.6 Å². The van der Waals surface area contributed by atoms with E-state index in [2.05, 4.69) is 25.3 Å². The van der Waals surface area contributed by atoms with Gasteiger partial charge in [-0.1, -0.05) is 6.07 Å². The predicted octanol–water partition coefficient (Wildman–Crippen LogP) is 5.88. The Hall–Kier alpha value is -5.44. The molecule has 1 aliphatic rings. The first-order valence-electron chi connectivity index (χ1n) is 13.4. The van der Waals surface area contributed by atoms with Gasteiger partial charge in [-0.3, -0.25) is 4.98 Å². The van der Waals surface area contributed by atoms with Crippen LogP contribution in [0.3, 0.4) is 0 Å². The lowest BCUT2D eigenvalue weighted by molar-refractivity contribution is -0.192. The Kier molecular flexibility index (Phi) is 9.28. The molecule has 0 saturated carbocycles. The number of carbonyl (C=O) groups is 1. The highest BCUT2D eigenvalue weighted by atomic mass is 19.4. The number of nitrogens with zero attached hydrogens (tertiary/aromatic N) is 6. The normalized spacial score (nSPS) is 13.1. The maximum absolute atomic E-state index is 14.7. The molecule has 1 fully saturated rings. The molecule has 6 rings (SSSR count). The molecular weight excluding hydrogens is 601 g/mol. The van der Waals surface area contributed by atoms with E-state index in [9.17, 15) is 22.0 Å². The average molecular weight is 626 g/mol. The lowest BCUT2D eigenvalue weighted by atomic mass is 10.1. The number of benzene rings is 2. The molecule has 5 aromatic rings. The molecule has 15 heteroatoms. The number of ether oxygens (including phenoxy) is 1. The Bertz CT molecular complexity index is 1760. The minimum Gasteiger partial charge on any atom is -0.475 e. The maximum Gasteiger partial charge on any atom is 0.490 e. The van der Waals surface area contributed by atoms with E-state index < -0.39 is 23.8 Å². The SMILES string of the molecule is Fc1cc(-c2nc(Nc3ccc(-n4cnc(-c5ccccn5)c4)cc3)ncc2F)cc(N2CCOCC2)c1.O=C(O)C(F)(F)F. The van der Waals surface area contributed by atoms with Crippen molar-refractivity contribution in [3.63, 3.8) is 0 Å². The van der Waals surface area contributed by atoms with E-state index in [0.29, 0.717) is 43.2 Å². The lowest BCUT2D eigenvalue weighted by Gasteiger charge is -2.29. The van der Waals surface area contributed by atoms with Crippen molar-refractivity contribution in [3.05, 3.63) is 97.2 Å². The van der Waals surface area contributed by atoms with Gasteiger partial charge in [0.05, 0.1) is 31.4 Å². The van der Waals surface area contributed by atoms with Crippen LogP contribution < -0.4 is 10.2 Å². The average Bonchev–Trinajstić information content (AvgIpc) is 3.53. The van der Waals surface area contributed by atoms with E-state index in [-0.39, 0.29) is 11.6 Å². The number of alkyl halides is 3. The zero-order valence-electron chi connectivity index (χ0n) is 23.2. The predicted molar refractivity (Wildman–Crippen MR) is 154 cm³/mol. The van der Waals surface area contributed by atoms with Crippen molar-refractivity contribution in [1.29, 1.82) is 0 Å². The zero-order valence-corrected chi connectivity index (χ0v) is 23.2. The van der Waals surface area contributed by atoms with Crippen LogP contribution in [0.1, 0.15) is 0 Å². The fourth-order valence-electron chi connectivity index (χ4n) is 4.30. The van der Waals surface area contributed by atoms with Crippen LogP contribution in [0, 0.1) is 11.6 Å². The van der Waals surface area contributed by atoms with Crippen molar-refractivity contribution >= 4 is 23.3 Å². The number of nitrogens with one attached hydrogen (secondary N) is 1. The van der Waals surface area contributed by atoms with Crippen LogP contribution in [-0.4, -0.2) is 68.1 Å². The van der Waals surface area contributed by atoms with Crippen LogP contribution in [0.25, 0.3) is 28.3 Å². The summed E-state index contributed by atoms with van der Waals surface area (Å²) in [5.41, 5.74) is 4.21. The third-order valence-corrected chi connectivity index (χ3v) is 6.45. The van der Waals surface area contributed by atoms with E-state index in [1.165, 1.54) is 12.1 Å². The fourth-order valence-corrected chi connectivity index (χ4v) is 4.30. The minimum atomic E-state index is -5.08. The number of hydrogen-bond donors (Lipinski definition) is 2. The number of carboxylic acids is 1. The summed E-state index contributed by atoms with van der Waals surface area (Å²) in [6.45, 7) is 2.41. The molecule has 10 nitrogen and oxygen atoms in total. The number of aliphatic carboxylic acids is 1. The summed E-state index contributed by atoms with van der Waals surface area (Å²) in [5.74, 6) is -3.65. The first-order valence-corrected chi connectivity index (χ1v) is 13.4. The highest BCUT2D eigenvalue weighted by Crippen LogP contribution is 2.29. The number of morpholine rings is 1. The van der Waals surface area contributed by atoms with Crippen LogP contribution in [0.4, 0.5) is 39.3 Å². The summed E-state index contributed by atoms with van der Waals surface area (Å²) >= 11 is 0. The standard InChI is InChI=1S/C28H23F2N7O.C2HF3O2/c29-20-13-19(14-23(15-20)36-9-11-38-12-10-36)27-24(30)16-32-28(35-27)34-21-4-6-22(7-5-21)37-17-26(33-18-37)25-3-1-2-8-31-25;3-2(4,5)1(6)7/h1-8,13-18H,9-12H2,(H,32,34,35);(H,6,7). The van der Waals surface area contributed by atoms with Gasteiger partial charge in [-0.2, -0.15) is 13.2 Å². The molecule has 0 radical (unpaired) electrons. The number of hydrogen-bond acceptors (Lipinski definition) is 8. The van der Waals surface area contributed by atoms with Crippen LogP contribution in [0.2, 0.25) is 0 Å². The molecule has 232 valence electrons. The maximum atomic E-state index is 14.7. The largest absolute Gasteiger partial charge is 0.490 e. The van der Waals surface area contributed by atoms with Crippen molar-refractivity contribution in [2.24, 2.45) is 0 Å². The Morgan fingerprint density at radius 2 is 1.64 bits per heavy atom. The van der Waals surface area contributed by atoms with Gasteiger partial charge < -0.3 is 24.6 Å². The summed E-state index contributed by atoms with van der Waals surface area (Å²) in [7, 11) is 0. The molecule has 0 spiro atoms. The summed E-state index contributed by atoms with van der Waals surface area (Å²) in [5, 5.41) is 10.2. The molecule has 0 unspecified atom stereocenters. The second-order valence-electron chi connectivity index (χ2n) is 9.54. The third-order valence-electron chi connectivity index (χ3n) is 6.45. The molecule has 0 bridgehead atoms. The molecule has 45 heavy (non-hydrogen) atoms. The van der Waals surface area contributed by atoms with E-state index >= 15 is 0 Å². The van der Waals surface area contributed by atoms with Gasteiger partial charge in [0.2, 0.25) is 5.95 Å². The molecule has 4 heterocycles. The van der Waals surface area contributed by atoms with Crippen LogP contribution in [0.5, 0.6) is 0 Å². The summed E-state index contributed by atoms with van der Waals surface area (Å²) in [6, 6.07) is 17.7. The molecule has 0 aliphatic carbocycles. The van der Waals surface area contributed by atoms with Gasteiger partial charge >= 0.3 is 12.1 Å². The van der Waals surface area contributed by atoms with Gasteiger partial charge in [0.15, 0.2) is 5.82 Å². The number of halogens is 5. The van der Waals surface area contributed by atoms with Crippen LogP contribution >= 0.6 is 0 Å². The molecule has 0 atom stereocenters. The van der Waals surface area contributed by atoms with Crippen molar-refractivity contribution in [3.8, 4) is 28.3 Å². The second-order valence-corrected chi connectivity index (χ2v) is 9.54. The van der Waals surface area contributed by atoms with Gasteiger partial charge in [0, 0.05) is 48.1 Å². The number of aromatic nitrogens is 5. The monoisotopic (exact) mass is 625 g/mol. The van der Waals surface area contributed by atoms with Crippen LogP contribution in [-0.2, 0) is 9.53 Å². The Morgan fingerprint density at radius 3 is 2.31 bits per heavy atom. The molecule has 1 saturated heterocycles. The highest BCUT2D eigenvalue weighted by Gasteiger charge is 2.38. The van der Waals surface area contributed by atoms with Crippen molar-refractivity contribution < 1.29 is 36.6 Å². The van der Waals surface area contributed by atoms with Crippen molar-refractivity contribution in [1.82, 2.24) is 24.5 Å². The number of anilines is 3. The number of imidazole rings is 1. The molecule has 1 aliphatic heterocycles. The Balaban J connectivity index is 0.000000515. The zero-order chi connectivity index (χ0) is 32.0.